The van der Waals surface area contributed by atoms with Crippen LogP contribution < -0.4 is 10.6 Å². The summed E-state index contributed by atoms with van der Waals surface area (Å²) in [7, 11) is 2.09. The van der Waals surface area contributed by atoms with Crippen molar-refractivity contribution in [2.24, 2.45) is 0 Å². The third kappa shape index (κ3) is 4.72. The highest BCUT2D eigenvalue weighted by molar-refractivity contribution is 5.74. The zero-order valence-corrected chi connectivity index (χ0v) is 14.8. The minimum Gasteiger partial charge on any atom is -0.466 e. The van der Waals surface area contributed by atoms with Crippen molar-refractivity contribution < 1.29 is 14.3 Å². The van der Waals surface area contributed by atoms with E-state index in [1.54, 1.807) is 6.92 Å². The topological polar surface area (TPSA) is 77.7 Å². The molecule has 0 aliphatic heterocycles. The zero-order valence-electron chi connectivity index (χ0n) is 14.8. The molecular weight excluding hydrogens is 294 g/mol. The first kappa shape index (κ1) is 17.8. The van der Waals surface area contributed by atoms with Crippen molar-refractivity contribution in [1.82, 2.24) is 15.5 Å². The lowest BCUT2D eigenvalue weighted by Gasteiger charge is -2.26. The largest absolute Gasteiger partial charge is 0.466 e. The number of aryl methyl sites for hydroxylation is 2. The number of aliphatic hydroxyl groups is 1. The molecule has 6 heteroatoms. The summed E-state index contributed by atoms with van der Waals surface area (Å²) in [5.74, 6) is 1.42. The van der Waals surface area contributed by atoms with Crippen molar-refractivity contribution in [2.75, 3.05) is 20.1 Å². The van der Waals surface area contributed by atoms with Crippen LogP contribution in [-0.4, -0.2) is 48.3 Å². The molecule has 0 radical (unpaired) electrons. The van der Waals surface area contributed by atoms with Crippen molar-refractivity contribution in [2.45, 2.75) is 58.2 Å². The fourth-order valence-corrected chi connectivity index (χ4v) is 2.80. The third-order valence-electron chi connectivity index (χ3n) is 4.59. The maximum Gasteiger partial charge on any atom is 0.314 e. The van der Waals surface area contributed by atoms with Gasteiger partial charge in [0.25, 0.3) is 0 Å². The molecule has 0 aromatic carbocycles. The second-order valence-corrected chi connectivity index (χ2v) is 6.91. The zero-order chi connectivity index (χ0) is 17.2. The smallest absolute Gasteiger partial charge is 0.314 e. The van der Waals surface area contributed by atoms with Gasteiger partial charge in [-0.05, 0) is 53.7 Å². The van der Waals surface area contributed by atoms with E-state index in [0.717, 1.165) is 5.76 Å². The lowest BCUT2D eigenvalue weighted by atomic mass is 9.96. The molecule has 130 valence electrons. The van der Waals surface area contributed by atoms with Gasteiger partial charge in [-0.15, -0.1) is 0 Å². The van der Waals surface area contributed by atoms with Crippen LogP contribution in [0.15, 0.2) is 10.5 Å². The van der Waals surface area contributed by atoms with E-state index in [9.17, 15) is 9.90 Å². The highest BCUT2D eigenvalue weighted by Crippen LogP contribution is 2.27. The number of carbonyl (C=O) groups is 1. The number of rotatable bonds is 7. The molecule has 1 aliphatic carbocycles. The summed E-state index contributed by atoms with van der Waals surface area (Å²) in [6.07, 6.45) is 2.50. The Labute approximate surface area is 138 Å². The second-order valence-electron chi connectivity index (χ2n) is 6.91. The standard InChI is InChI=1S/C17H29N3O3/c1-11(20(5)14-6-7-14)9-18-16(21)19-10-17(4,22)15-8-12(2)23-13(15)3/h8,11,14,22H,6-7,9-10H2,1-5H3,(H2,18,19,21). The molecule has 0 spiro atoms. The van der Waals surface area contributed by atoms with Crippen LogP contribution in [0.5, 0.6) is 0 Å². The Morgan fingerprint density at radius 2 is 2.13 bits per heavy atom. The quantitative estimate of drug-likeness (QED) is 0.716. The van der Waals surface area contributed by atoms with E-state index >= 15 is 0 Å². The summed E-state index contributed by atoms with van der Waals surface area (Å²) >= 11 is 0. The normalized spacial score (nSPS) is 18.6. The molecule has 1 fully saturated rings. The Kier molecular flexibility index (Phi) is 5.37. The molecule has 3 N–H and O–H groups in total. The highest BCUT2D eigenvalue weighted by Gasteiger charge is 2.30. The molecule has 1 heterocycles. The van der Waals surface area contributed by atoms with Gasteiger partial charge >= 0.3 is 6.03 Å². The monoisotopic (exact) mass is 323 g/mol. The van der Waals surface area contributed by atoms with Crippen molar-refractivity contribution in [3.63, 3.8) is 0 Å². The van der Waals surface area contributed by atoms with Gasteiger partial charge in [0.05, 0.1) is 6.54 Å². The van der Waals surface area contributed by atoms with Gasteiger partial charge in [0.15, 0.2) is 0 Å². The van der Waals surface area contributed by atoms with Gasteiger partial charge in [-0.3, -0.25) is 4.90 Å². The molecule has 1 aromatic rings. The van der Waals surface area contributed by atoms with Crippen molar-refractivity contribution in [3.8, 4) is 0 Å². The van der Waals surface area contributed by atoms with Crippen LogP contribution in [0.2, 0.25) is 0 Å². The summed E-state index contributed by atoms with van der Waals surface area (Å²) in [5.41, 5.74) is -0.451. The van der Waals surface area contributed by atoms with Crippen LogP contribution in [-0.2, 0) is 5.60 Å². The SMILES string of the molecule is Cc1cc(C(C)(O)CNC(=O)NCC(C)N(C)C2CC2)c(C)o1. The molecule has 2 amide bonds. The number of hydrogen-bond acceptors (Lipinski definition) is 4. The van der Waals surface area contributed by atoms with Gasteiger partial charge in [0.2, 0.25) is 0 Å². The number of nitrogens with zero attached hydrogens (tertiary/aromatic N) is 1. The van der Waals surface area contributed by atoms with Crippen LogP contribution in [0, 0.1) is 13.8 Å². The molecule has 0 bridgehead atoms. The van der Waals surface area contributed by atoms with Gasteiger partial charge in [-0.2, -0.15) is 0 Å². The summed E-state index contributed by atoms with van der Waals surface area (Å²) in [4.78, 5) is 14.2. The van der Waals surface area contributed by atoms with E-state index in [1.807, 2.05) is 19.9 Å². The Hall–Kier alpha value is -1.53. The highest BCUT2D eigenvalue weighted by atomic mass is 16.3. The molecular formula is C17H29N3O3. The molecule has 2 atom stereocenters. The first-order valence-electron chi connectivity index (χ1n) is 8.24. The Bertz CT molecular complexity index is 549. The Morgan fingerprint density at radius 3 is 2.65 bits per heavy atom. The molecule has 23 heavy (non-hydrogen) atoms. The first-order chi connectivity index (χ1) is 10.7. The number of urea groups is 1. The summed E-state index contributed by atoms with van der Waals surface area (Å²) in [6, 6.07) is 2.51. The molecule has 1 aliphatic rings. The first-order valence-corrected chi connectivity index (χ1v) is 8.24. The van der Waals surface area contributed by atoms with E-state index in [1.165, 1.54) is 12.8 Å². The lowest BCUT2D eigenvalue weighted by Crippen LogP contribution is -2.47. The molecule has 1 aromatic heterocycles. The molecule has 1 saturated carbocycles. The van der Waals surface area contributed by atoms with E-state index in [2.05, 4.69) is 29.5 Å². The number of furan rings is 1. The van der Waals surface area contributed by atoms with E-state index in [4.69, 9.17) is 4.42 Å². The molecule has 2 unspecified atom stereocenters. The van der Waals surface area contributed by atoms with Gasteiger partial charge < -0.3 is 20.2 Å². The average molecular weight is 323 g/mol. The van der Waals surface area contributed by atoms with Crippen LogP contribution in [0.4, 0.5) is 4.79 Å². The van der Waals surface area contributed by atoms with E-state index in [-0.39, 0.29) is 12.6 Å². The second kappa shape index (κ2) is 6.93. The molecule has 2 rings (SSSR count). The fourth-order valence-electron chi connectivity index (χ4n) is 2.80. The molecule has 6 nitrogen and oxygen atoms in total. The van der Waals surface area contributed by atoms with E-state index < -0.39 is 5.60 Å². The van der Waals surface area contributed by atoms with Crippen LogP contribution in [0.25, 0.3) is 0 Å². The summed E-state index contributed by atoms with van der Waals surface area (Å²) in [6.45, 7) is 8.15. The van der Waals surface area contributed by atoms with Gasteiger partial charge in [0, 0.05) is 24.2 Å². The average Bonchev–Trinajstić information content (AvgIpc) is 3.26. The number of nitrogens with one attached hydrogen (secondary N) is 2. The van der Waals surface area contributed by atoms with Crippen molar-refractivity contribution >= 4 is 6.03 Å². The minimum absolute atomic E-state index is 0.130. The number of carbonyl (C=O) groups excluding carboxylic acids is 1. The lowest BCUT2D eigenvalue weighted by molar-refractivity contribution is 0.0578. The van der Waals surface area contributed by atoms with E-state index in [0.29, 0.717) is 30.0 Å². The maximum atomic E-state index is 11.9. The number of amides is 2. The van der Waals surface area contributed by atoms with Crippen LogP contribution in [0.1, 0.15) is 43.8 Å². The molecule has 0 saturated heterocycles. The number of likely N-dealkylation sites (N-methyl/N-ethyl adjacent to an activating group) is 1. The van der Waals surface area contributed by atoms with Crippen molar-refractivity contribution in [1.29, 1.82) is 0 Å². The van der Waals surface area contributed by atoms with Crippen molar-refractivity contribution in [3.05, 3.63) is 23.2 Å². The van der Waals surface area contributed by atoms with Gasteiger partial charge in [0.1, 0.15) is 17.1 Å². The van der Waals surface area contributed by atoms with Crippen LogP contribution in [0.3, 0.4) is 0 Å². The van der Waals surface area contributed by atoms with Crippen LogP contribution >= 0.6 is 0 Å². The van der Waals surface area contributed by atoms with Gasteiger partial charge in [-0.25, -0.2) is 4.79 Å². The predicted octanol–water partition coefficient (Wildman–Crippen LogP) is 1.89. The Morgan fingerprint density at radius 1 is 1.48 bits per heavy atom. The fraction of sp³-hybridized carbons (Fsp3) is 0.706. The van der Waals surface area contributed by atoms with Gasteiger partial charge in [-0.1, -0.05) is 0 Å². The minimum atomic E-state index is -1.16. The maximum absolute atomic E-state index is 11.9. The predicted molar refractivity (Wildman–Crippen MR) is 89.4 cm³/mol. The number of hydrogen-bond donors (Lipinski definition) is 3. The third-order valence-corrected chi connectivity index (χ3v) is 4.59. The summed E-state index contributed by atoms with van der Waals surface area (Å²) in [5, 5.41) is 16.2. The summed E-state index contributed by atoms with van der Waals surface area (Å²) < 4.78 is 5.45. The Balaban J connectivity index is 1.78.